The van der Waals surface area contributed by atoms with Gasteiger partial charge in [-0.25, -0.2) is 0 Å². The first-order chi connectivity index (χ1) is 12.3. The van der Waals surface area contributed by atoms with Crippen molar-refractivity contribution in [3.63, 3.8) is 0 Å². The van der Waals surface area contributed by atoms with Crippen LogP contribution in [0.3, 0.4) is 0 Å². The van der Waals surface area contributed by atoms with Crippen LogP contribution in [0.25, 0.3) is 0 Å². The van der Waals surface area contributed by atoms with Gasteiger partial charge in [-0.2, -0.15) is 0 Å². The van der Waals surface area contributed by atoms with Gasteiger partial charge in [-0.3, -0.25) is 14.2 Å². The molecule has 0 atom stereocenters. The van der Waals surface area contributed by atoms with Gasteiger partial charge in [0.25, 0.3) is 0 Å². The molecule has 0 aliphatic heterocycles. The Balaban J connectivity index is 1.67. The van der Waals surface area contributed by atoms with Gasteiger partial charge in [0.15, 0.2) is 5.16 Å². The molecule has 0 radical (unpaired) electrons. The highest BCUT2D eigenvalue weighted by Crippen LogP contribution is 2.40. The number of hydrogen-bond acceptors (Lipinski definition) is 5. The molecule has 3 N–H and O–H groups in total. The lowest BCUT2D eigenvalue weighted by molar-refractivity contribution is -0.118. The molecule has 0 bridgehead atoms. The van der Waals surface area contributed by atoms with Crippen molar-refractivity contribution < 1.29 is 9.59 Å². The molecular weight excluding hydrogens is 374 g/mol. The molecule has 0 saturated heterocycles. The summed E-state index contributed by atoms with van der Waals surface area (Å²) in [4.78, 5) is 23.7. The third-order valence-corrected chi connectivity index (χ3v) is 5.30. The van der Waals surface area contributed by atoms with Crippen molar-refractivity contribution in [2.45, 2.75) is 44.3 Å². The van der Waals surface area contributed by atoms with Gasteiger partial charge in [-0.15, -0.1) is 10.2 Å². The molecule has 1 heterocycles. The topological polar surface area (TPSA) is 103 Å². The van der Waals surface area contributed by atoms with Gasteiger partial charge in [0.05, 0.1) is 16.5 Å². The Labute approximate surface area is 160 Å². The number of nitrogens with zero attached hydrogens (tertiary/aromatic N) is 3. The highest BCUT2D eigenvalue weighted by atomic mass is 35.5. The lowest BCUT2D eigenvalue weighted by Gasteiger charge is -2.11. The van der Waals surface area contributed by atoms with E-state index >= 15 is 0 Å². The number of halogens is 1. The smallest absolute Gasteiger partial charge is 0.237 e. The molecule has 3 rings (SSSR count). The van der Waals surface area contributed by atoms with E-state index in [1.54, 1.807) is 4.57 Å². The number of primary amides is 1. The normalized spacial score (nSPS) is 13.7. The number of anilines is 1. The predicted octanol–water partition coefficient (Wildman–Crippen LogP) is 2.64. The van der Waals surface area contributed by atoms with Crippen molar-refractivity contribution in [2.24, 2.45) is 5.73 Å². The standard InChI is InChI=1S/C17H20ClN5O2S/c1-9-5-10(2)15(12(18)6-9)20-14(25)8-26-17-22-21-16(11-3-4-11)23(17)7-13(19)24/h5-6,11H,3-4,7-8H2,1-2H3,(H2,19,24)(H,20,25). The molecule has 9 heteroatoms. The van der Waals surface area contributed by atoms with E-state index in [1.165, 1.54) is 11.8 Å². The molecule has 1 aromatic carbocycles. The molecule has 1 aromatic heterocycles. The van der Waals surface area contributed by atoms with Crippen LogP contribution in [0.15, 0.2) is 17.3 Å². The minimum absolute atomic E-state index is 0.0195. The van der Waals surface area contributed by atoms with Gasteiger partial charge >= 0.3 is 0 Å². The summed E-state index contributed by atoms with van der Waals surface area (Å²) in [5.74, 6) is 0.569. The monoisotopic (exact) mass is 393 g/mol. The maximum absolute atomic E-state index is 12.3. The first-order valence-corrected chi connectivity index (χ1v) is 9.62. The van der Waals surface area contributed by atoms with E-state index in [0.29, 0.717) is 21.8 Å². The minimum Gasteiger partial charge on any atom is -0.368 e. The number of nitrogens with one attached hydrogen (secondary N) is 1. The number of hydrogen-bond donors (Lipinski definition) is 2. The molecular formula is C17H20ClN5O2S. The number of carbonyl (C=O) groups is 2. The van der Waals surface area contributed by atoms with Gasteiger partial charge < -0.3 is 11.1 Å². The van der Waals surface area contributed by atoms with Crippen molar-refractivity contribution in [2.75, 3.05) is 11.1 Å². The third-order valence-electron chi connectivity index (χ3n) is 4.03. The van der Waals surface area contributed by atoms with Gasteiger partial charge in [-0.05, 0) is 43.9 Å². The zero-order valence-corrected chi connectivity index (χ0v) is 16.2. The van der Waals surface area contributed by atoms with Crippen LogP contribution in [0.5, 0.6) is 0 Å². The molecule has 7 nitrogen and oxygen atoms in total. The van der Waals surface area contributed by atoms with Crippen LogP contribution in [0.1, 0.15) is 35.7 Å². The summed E-state index contributed by atoms with van der Waals surface area (Å²) in [6.45, 7) is 3.86. The number of benzene rings is 1. The van der Waals surface area contributed by atoms with E-state index in [1.807, 2.05) is 26.0 Å². The van der Waals surface area contributed by atoms with Gasteiger partial charge in [-0.1, -0.05) is 29.4 Å². The average molecular weight is 394 g/mol. The van der Waals surface area contributed by atoms with Crippen molar-refractivity contribution >= 4 is 40.9 Å². The first kappa shape index (κ1) is 18.7. The summed E-state index contributed by atoms with van der Waals surface area (Å²) in [7, 11) is 0. The molecule has 0 spiro atoms. The van der Waals surface area contributed by atoms with E-state index < -0.39 is 5.91 Å². The van der Waals surface area contributed by atoms with Crippen LogP contribution in [-0.4, -0.2) is 32.3 Å². The summed E-state index contributed by atoms with van der Waals surface area (Å²) in [6, 6.07) is 3.77. The van der Waals surface area contributed by atoms with Gasteiger partial charge in [0, 0.05) is 5.92 Å². The van der Waals surface area contributed by atoms with Crippen LogP contribution in [0.2, 0.25) is 5.02 Å². The van der Waals surface area contributed by atoms with Crippen molar-refractivity contribution in [3.8, 4) is 0 Å². The van der Waals surface area contributed by atoms with Crippen LogP contribution < -0.4 is 11.1 Å². The number of rotatable bonds is 7. The van der Waals surface area contributed by atoms with E-state index in [0.717, 1.165) is 29.8 Å². The second-order valence-electron chi connectivity index (χ2n) is 6.44. The fourth-order valence-electron chi connectivity index (χ4n) is 2.73. The molecule has 138 valence electrons. The maximum atomic E-state index is 12.3. The molecule has 1 fully saturated rings. The minimum atomic E-state index is -0.458. The van der Waals surface area contributed by atoms with E-state index in [4.69, 9.17) is 17.3 Å². The van der Waals surface area contributed by atoms with E-state index in [9.17, 15) is 9.59 Å². The summed E-state index contributed by atoms with van der Waals surface area (Å²) in [5, 5.41) is 12.1. The number of nitrogens with two attached hydrogens (primary N) is 1. The lowest BCUT2D eigenvalue weighted by atomic mass is 10.1. The predicted molar refractivity (Wildman–Crippen MR) is 101 cm³/mol. The van der Waals surface area contributed by atoms with E-state index in [2.05, 4.69) is 15.5 Å². The maximum Gasteiger partial charge on any atom is 0.237 e. The summed E-state index contributed by atoms with van der Waals surface area (Å²) in [6.07, 6.45) is 2.07. The SMILES string of the molecule is Cc1cc(C)c(NC(=O)CSc2nnc(C3CC3)n2CC(N)=O)c(Cl)c1. The Bertz CT molecular complexity index is 840. The number of aromatic nitrogens is 3. The number of carbonyl (C=O) groups excluding carboxylic acids is 2. The van der Waals surface area contributed by atoms with Crippen LogP contribution >= 0.6 is 23.4 Å². The number of thioether (sulfide) groups is 1. The fourth-order valence-corrected chi connectivity index (χ4v) is 3.85. The molecule has 2 amide bonds. The number of aryl methyl sites for hydroxylation is 2. The Morgan fingerprint density at radius 2 is 2.08 bits per heavy atom. The second kappa shape index (κ2) is 7.67. The van der Waals surface area contributed by atoms with Crippen LogP contribution in [0.4, 0.5) is 5.69 Å². The van der Waals surface area contributed by atoms with Crippen LogP contribution in [0, 0.1) is 13.8 Å². The Morgan fingerprint density at radius 1 is 1.35 bits per heavy atom. The molecule has 1 aliphatic carbocycles. The quantitative estimate of drug-likeness (QED) is 0.704. The Hall–Kier alpha value is -2.06. The largest absolute Gasteiger partial charge is 0.368 e. The highest BCUT2D eigenvalue weighted by Gasteiger charge is 2.31. The Kier molecular flexibility index (Phi) is 5.52. The average Bonchev–Trinajstić information content (AvgIpc) is 3.31. The molecule has 0 unspecified atom stereocenters. The Morgan fingerprint density at radius 3 is 2.69 bits per heavy atom. The summed E-state index contributed by atoms with van der Waals surface area (Å²) < 4.78 is 1.71. The van der Waals surface area contributed by atoms with Crippen molar-refractivity contribution in [1.82, 2.24) is 14.8 Å². The van der Waals surface area contributed by atoms with E-state index in [-0.39, 0.29) is 18.2 Å². The second-order valence-corrected chi connectivity index (χ2v) is 7.79. The van der Waals surface area contributed by atoms with Gasteiger partial charge in [0.2, 0.25) is 11.8 Å². The van der Waals surface area contributed by atoms with Crippen molar-refractivity contribution in [1.29, 1.82) is 0 Å². The van der Waals surface area contributed by atoms with Gasteiger partial charge in [0.1, 0.15) is 12.4 Å². The highest BCUT2D eigenvalue weighted by molar-refractivity contribution is 7.99. The molecule has 26 heavy (non-hydrogen) atoms. The zero-order chi connectivity index (χ0) is 18.8. The molecule has 1 saturated carbocycles. The van der Waals surface area contributed by atoms with Crippen molar-refractivity contribution in [3.05, 3.63) is 34.1 Å². The lowest BCUT2D eigenvalue weighted by Crippen LogP contribution is -2.21. The number of amides is 2. The van der Waals surface area contributed by atoms with Crippen LogP contribution in [-0.2, 0) is 16.1 Å². The summed E-state index contributed by atoms with van der Waals surface area (Å²) >= 11 is 7.45. The fraction of sp³-hybridized carbons (Fsp3) is 0.412. The summed E-state index contributed by atoms with van der Waals surface area (Å²) in [5.41, 5.74) is 7.88. The third kappa shape index (κ3) is 4.37. The molecule has 1 aliphatic rings. The first-order valence-electron chi connectivity index (χ1n) is 8.26. The zero-order valence-electron chi connectivity index (χ0n) is 14.6. The molecule has 2 aromatic rings.